The lowest BCUT2D eigenvalue weighted by molar-refractivity contribution is 0.172. The van der Waals surface area contributed by atoms with Gasteiger partial charge >= 0.3 is 0 Å². The summed E-state index contributed by atoms with van der Waals surface area (Å²) < 4.78 is 19.7. The molecule has 0 heterocycles. The van der Waals surface area contributed by atoms with Gasteiger partial charge in [0.15, 0.2) is 0 Å². The zero-order valence-electron chi connectivity index (χ0n) is 16.6. The molecule has 0 fully saturated rings. The summed E-state index contributed by atoms with van der Waals surface area (Å²) in [6.07, 6.45) is 0.990. The summed E-state index contributed by atoms with van der Waals surface area (Å²) in [5.41, 5.74) is 4.66. The fraction of sp³-hybridized carbons (Fsp3) is 0.280. The molecule has 0 bridgehead atoms. The highest BCUT2D eigenvalue weighted by Crippen LogP contribution is 2.37. The summed E-state index contributed by atoms with van der Waals surface area (Å²) in [5.74, 6) is 0.653. The predicted octanol–water partition coefficient (Wildman–Crippen LogP) is 5.42. The molecule has 1 N–H and O–H groups in total. The van der Waals surface area contributed by atoms with E-state index in [1.807, 2.05) is 31.3 Å². The average Bonchev–Trinajstić information content (AvgIpc) is 3.06. The summed E-state index contributed by atoms with van der Waals surface area (Å²) in [6.45, 7) is 4.31. The van der Waals surface area contributed by atoms with Crippen molar-refractivity contribution in [2.24, 2.45) is 0 Å². The van der Waals surface area contributed by atoms with Crippen LogP contribution in [-0.4, -0.2) is 13.1 Å². The van der Waals surface area contributed by atoms with Crippen LogP contribution in [0.4, 0.5) is 4.39 Å². The lowest BCUT2D eigenvalue weighted by atomic mass is 9.78. The van der Waals surface area contributed by atoms with E-state index in [0.29, 0.717) is 0 Å². The van der Waals surface area contributed by atoms with Gasteiger partial charge in [-0.05, 0) is 60.0 Å². The first-order valence-corrected chi connectivity index (χ1v) is 9.77. The van der Waals surface area contributed by atoms with Gasteiger partial charge in [0.1, 0.15) is 17.7 Å². The third kappa shape index (κ3) is 3.43. The fourth-order valence-corrected chi connectivity index (χ4v) is 4.09. The zero-order valence-corrected chi connectivity index (χ0v) is 16.6. The van der Waals surface area contributed by atoms with Gasteiger partial charge in [-0.1, -0.05) is 62.4 Å². The van der Waals surface area contributed by atoms with E-state index in [1.54, 1.807) is 0 Å². The zero-order chi connectivity index (χ0) is 19.7. The molecule has 0 radical (unpaired) electrons. The smallest absolute Gasteiger partial charge is 0.140 e. The van der Waals surface area contributed by atoms with E-state index in [2.05, 4.69) is 55.6 Å². The van der Waals surface area contributed by atoms with Gasteiger partial charge in [0.2, 0.25) is 0 Å². The van der Waals surface area contributed by atoms with E-state index in [1.165, 1.54) is 28.8 Å². The normalized spacial score (nSPS) is 18.7. The van der Waals surface area contributed by atoms with Gasteiger partial charge < -0.3 is 10.1 Å². The molecule has 2 nitrogen and oxygen atoms in total. The maximum absolute atomic E-state index is 13.3. The van der Waals surface area contributed by atoms with Crippen molar-refractivity contribution in [3.05, 3.63) is 101 Å². The summed E-state index contributed by atoms with van der Waals surface area (Å²) >= 11 is 0. The minimum absolute atomic E-state index is 0.0113. The third-order valence-electron chi connectivity index (χ3n) is 5.94. The van der Waals surface area contributed by atoms with Crippen molar-refractivity contribution in [3.63, 3.8) is 0 Å². The van der Waals surface area contributed by atoms with Crippen molar-refractivity contribution >= 4 is 0 Å². The van der Waals surface area contributed by atoms with Gasteiger partial charge in [0, 0.05) is 5.41 Å². The van der Waals surface area contributed by atoms with Crippen LogP contribution in [0.3, 0.4) is 0 Å². The summed E-state index contributed by atoms with van der Waals surface area (Å²) in [7, 11) is 1.99. The topological polar surface area (TPSA) is 21.3 Å². The molecule has 0 spiro atoms. The molecular weight excluding hydrogens is 349 g/mol. The highest BCUT2D eigenvalue weighted by Gasteiger charge is 2.33. The van der Waals surface area contributed by atoms with Crippen molar-refractivity contribution < 1.29 is 9.13 Å². The number of rotatable bonds is 5. The number of hydrogen-bond acceptors (Lipinski definition) is 2. The number of benzene rings is 3. The van der Waals surface area contributed by atoms with Crippen LogP contribution in [-0.2, 0) is 11.8 Å². The summed E-state index contributed by atoms with van der Waals surface area (Å²) in [6, 6.07) is 23.8. The van der Waals surface area contributed by atoms with Crippen LogP contribution in [0.15, 0.2) is 72.8 Å². The Balaban J connectivity index is 1.56. The number of halogens is 1. The minimum atomic E-state index is -0.209. The number of likely N-dealkylation sites (N-methyl/N-ethyl adjacent to an activating group) is 1. The Morgan fingerprint density at radius 1 is 0.893 bits per heavy atom. The van der Waals surface area contributed by atoms with Crippen molar-refractivity contribution in [2.75, 3.05) is 7.05 Å². The maximum Gasteiger partial charge on any atom is 0.140 e. The lowest BCUT2D eigenvalue weighted by Crippen LogP contribution is -2.32. The van der Waals surface area contributed by atoms with Gasteiger partial charge in [-0.2, -0.15) is 0 Å². The van der Waals surface area contributed by atoms with Gasteiger partial charge in [0.25, 0.3) is 0 Å². The maximum atomic E-state index is 13.3. The molecule has 0 saturated carbocycles. The SMILES string of the molecule is CNC1Cc2ccccc2C1Oc1ccc(C(C)(C)c2ccc(F)cc2)cc1. The van der Waals surface area contributed by atoms with Crippen LogP contribution >= 0.6 is 0 Å². The Morgan fingerprint density at radius 3 is 2.14 bits per heavy atom. The number of fused-ring (bicyclic) bond motifs is 1. The van der Waals surface area contributed by atoms with Crippen LogP contribution < -0.4 is 10.1 Å². The van der Waals surface area contributed by atoms with E-state index >= 15 is 0 Å². The standard InChI is InChI=1S/C25H26FNO/c1-25(2,18-8-12-20(26)13-9-18)19-10-14-21(15-11-19)28-24-22-7-5-4-6-17(22)16-23(24)27-3/h4-15,23-24,27H,16H2,1-3H3. The molecule has 4 rings (SSSR count). The second-order valence-corrected chi connectivity index (χ2v) is 7.99. The number of ether oxygens (including phenoxy) is 1. The lowest BCUT2D eigenvalue weighted by Gasteiger charge is -2.27. The Bertz CT molecular complexity index is 947. The van der Waals surface area contributed by atoms with E-state index in [0.717, 1.165) is 17.7 Å². The summed E-state index contributed by atoms with van der Waals surface area (Å²) in [4.78, 5) is 0. The molecule has 0 aliphatic heterocycles. The summed E-state index contributed by atoms with van der Waals surface area (Å²) in [5, 5.41) is 3.39. The van der Waals surface area contributed by atoms with E-state index in [-0.39, 0.29) is 23.4 Å². The van der Waals surface area contributed by atoms with E-state index < -0.39 is 0 Å². The molecular formula is C25H26FNO. The number of nitrogens with one attached hydrogen (secondary N) is 1. The first-order chi connectivity index (χ1) is 13.5. The molecule has 2 unspecified atom stereocenters. The van der Waals surface area contributed by atoms with E-state index in [9.17, 15) is 4.39 Å². The molecule has 1 aliphatic rings. The van der Waals surface area contributed by atoms with Crippen LogP contribution in [0.2, 0.25) is 0 Å². The average molecular weight is 375 g/mol. The van der Waals surface area contributed by atoms with Crippen LogP contribution in [0, 0.1) is 5.82 Å². The van der Waals surface area contributed by atoms with Crippen molar-refractivity contribution in [1.82, 2.24) is 5.32 Å². The molecule has 2 atom stereocenters. The molecule has 0 amide bonds. The first kappa shape index (κ1) is 18.7. The molecule has 1 aliphatic carbocycles. The molecule has 28 heavy (non-hydrogen) atoms. The Hall–Kier alpha value is -2.65. The highest BCUT2D eigenvalue weighted by molar-refractivity contribution is 5.41. The van der Waals surface area contributed by atoms with Crippen molar-refractivity contribution in [3.8, 4) is 5.75 Å². The largest absolute Gasteiger partial charge is 0.484 e. The van der Waals surface area contributed by atoms with Gasteiger partial charge in [-0.3, -0.25) is 0 Å². The fourth-order valence-electron chi connectivity index (χ4n) is 4.09. The van der Waals surface area contributed by atoms with E-state index in [4.69, 9.17) is 4.74 Å². The minimum Gasteiger partial charge on any atom is -0.484 e. The molecule has 0 aromatic heterocycles. The third-order valence-corrected chi connectivity index (χ3v) is 5.94. The van der Waals surface area contributed by atoms with Crippen LogP contribution in [0.25, 0.3) is 0 Å². The molecule has 0 saturated heterocycles. The Kier molecular flexibility index (Phi) is 4.94. The van der Waals surface area contributed by atoms with Crippen molar-refractivity contribution in [1.29, 1.82) is 0 Å². The Morgan fingerprint density at radius 2 is 1.50 bits per heavy atom. The van der Waals surface area contributed by atoms with Crippen LogP contribution in [0.1, 0.15) is 42.2 Å². The molecule has 3 heteroatoms. The first-order valence-electron chi connectivity index (χ1n) is 9.77. The monoisotopic (exact) mass is 375 g/mol. The van der Waals surface area contributed by atoms with Gasteiger partial charge in [-0.25, -0.2) is 4.39 Å². The van der Waals surface area contributed by atoms with Gasteiger partial charge in [-0.15, -0.1) is 0 Å². The van der Waals surface area contributed by atoms with Crippen molar-refractivity contribution in [2.45, 2.75) is 37.8 Å². The second-order valence-electron chi connectivity index (χ2n) is 7.99. The molecule has 3 aromatic rings. The van der Waals surface area contributed by atoms with Crippen LogP contribution in [0.5, 0.6) is 5.75 Å². The Labute approximate surface area is 166 Å². The molecule has 3 aromatic carbocycles. The van der Waals surface area contributed by atoms with Gasteiger partial charge in [0.05, 0.1) is 6.04 Å². The highest BCUT2D eigenvalue weighted by atomic mass is 19.1. The molecule has 144 valence electrons. The number of hydrogen-bond donors (Lipinski definition) is 1. The predicted molar refractivity (Wildman–Crippen MR) is 111 cm³/mol. The second kappa shape index (κ2) is 7.40. The quantitative estimate of drug-likeness (QED) is 0.643.